The van der Waals surface area contributed by atoms with Crippen molar-refractivity contribution >= 4 is 28.3 Å². The summed E-state index contributed by atoms with van der Waals surface area (Å²) in [5.41, 5.74) is 3.24. The molecule has 0 saturated carbocycles. The second-order valence-electron chi connectivity index (χ2n) is 5.10. The van der Waals surface area contributed by atoms with Crippen LogP contribution in [0, 0.1) is 0 Å². The molecule has 6 heteroatoms. The van der Waals surface area contributed by atoms with Crippen LogP contribution in [0.3, 0.4) is 0 Å². The van der Waals surface area contributed by atoms with Crippen LogP contribution in [-0.4, -0.2) is 20.5 Å². The van der Waals surface area contributed by atoms with Crippen LogP contribution in [0.15, 0.2) is 64.6 Å². The molecule has 0 aliphatic carbocycles. The minimum Gasteiger partial charge on any atom is -0.478 e. The standard InChI is InChI=1S/C18H12N2O3S/c21-16(22)9-8-13-17(12-5-2-1-3-6-12)19-18-20(13)14(11-24-18)15-7-4-10-23-15/h1-11H,(H,21,22)/b9-8+. The van der Waals surface area contributed by atoms with Crippen LogP contribution in [0.1, 0.15) is 5.69 Å². The van der Waals surface area contributed by atoms with Crippen LogP contribution < -0.4 is 0 Å². The number of hydrogen-bond donors (Lipinski definition) is 1. The molecule has 0 unspecified atom stereocenters. The van der Waals surface area contributed by atoms with Gasteiger partial charge >= 0.3 is 5.97 Å². The number of fused-ring (bicyclic) bond motifs is 1. The molecule has 1 N–H and O–H groups in total. The van der Waals surface area contributed by atoms with Crippen molar-refractivity contribution in [3.8, 4) is 22.7 Å². The van der Waals surface area contributed by atoms with E-state index in [2.05, 4.69) is 4.98 Å². The summed E-state index contributed by atoms with van der Waals surface area (Å²) in [5, 5.41) is 11.0. The number of hydrogen-bond acceptors (Lipinski definition) is 4. The Labute approximate surface area is 141 Å². The number of aliphatic carboxylic acids is 1. The van der Waals surface area contributed by atoms with Crippen molar-refractivity contribution in [2.24, 2.45) is 0 Å². The zero-order valence-electron chi connectivity index (χ0n) is 12.4. The summed E-state index contributed by atoms with van der Waals surface area (Å²) < 4.78 is 7.42. The largest absolute Gasteiger partial charge is 0.478 e. The Morgan fingerprint density at radius 2 is 2.04 bits per heavy atom. The molecule has 0 saturated heterocycles. The summed E-state index contributed by atoms with van der Waals surface area (Å²) in [7, 11) is 0. The van der Waals surface area contributed by atoms with Gasteiger partial charge in [-0.15, -0.1) is 11.3 Å². The van der Waals surface area contributed by atoms with Gasteiger partial charge in [0.25, 0.3) is 0 Å². The Kier molecular flexibility index (Phi) is 3.51. The van der Waals surface area contributed by atoms with E-state index in [1.165, 1.54) is 11.3 Å². The molecule has 5 nitrogen and oxygen atoms in total. The molecule has 0 amide bonds. The average Bonchev–Trinajstić information content (AvgIpc) is 3.30. The second kappa shape index (κ2) is 5.82. The lowest BCUT2D eigenvalue weighted by molar-refractivity contribution is -0.131. The molecule has 3 aromatic heterocycles. The van der Waals surface area contributed by atoms with E-state index in [1.54, 1.807) is 12.3 Å². The van der Waals surface area contributed by atoms with E-state index in [0.717, 1.165) is 28.0 Å². The maximum atomic E-state index is 11.0. The van der Waals surface area contributed by atoms with E-state index in [-0.39, 0.29) is 0 Å². The highest BCUT2D eigenvalue weighted by Crippen LogP contribution is 2.33. The first-order valence-corrected chi connectivity index (χ1v) is 8.12. The van der Waals surface area contributed by atoms with Crippen LogP contribution in [0.2, 0.25) is 0 Å². The molecule has 0 atom stereocenters. The predicted octanol–water partition coefficient (Wildman–Crippen LogP) is 4.42. The summed E-state index contributed by atoms with van der Waals surface area (Å²) in [5.74, 6) is -0.290. The Hall–Kier alpha value is -3.12. The third-order valence-corrected chi connectivity index (χ3v) is 4.43. The Morgan fingerprint density at radius 1 is 1.21 bits per heavy atom. The summed E-state index contributed by atoms with van der Waals surface area (Å²) >= 11 is 1.49. The topological polar surface area (TPSA) is 67.7 Å². The van der Waals surface area contributed by atoms with E-state index >= 15 is 0 Å². The lowest BCUT2D eigenvalue weighted by Crippen LogP contribution is -1.92. The van der Waals surface area contributed by atoms with Gasteiger partial charge in [0.15, 0.2) is 10.7 Å². The molecular formula is C18H12N2O3S. The quantitative estimate of drug-likeness (QED) is 0.560. The number of imidazole rings is 1. The molecule has 4 rings (SSSR count). The van der Waals surface area contributed by atoms with Gasteiger partial charge < -0.3 is 9.52 Å². The number of aromatic nitrogens is 2. The van der Waals surface area contributed by atoms with Crippen LogP contribution in [0.4, 0.5) is 0 Å². The van der Waals surface area contributed by atoms with E-state index in [4.69, 9.17) is 9.52 Å². The van der Waals surface area contributed by atoms with Gasteiger partial charge in [-0.2, -0.15) is 0 Å². The van der Waals surface area contributed by atoms with Gasteiger partial charge in [-0.05, 0) is 18.2 Å². The van der Waals surface area contributed by atoms with Crippen molar-refractivity contribution in [2.75, 3.05) is 0 Å². The van der Waals surface area contributed by atoms with Gasteiger partial charge in [-0.3, -0.25) is 4.40 Å². The van der Waals surface area contributed by atoms with E-state index in [1.807, 2.05) is 52.2 Å². The van der Waals surface area contributed by atoms with Gasteiger partial charge in [0.05, 0.1) is 17.7 Å². The minimum atomic E-state index is -1.00. The lowest BCUT2D eigenvalue weighted by Gasteiger charge is -2.02. The van der Waals surface area contributed by atoms with E-state index in [9.17, 15) is 4.79 Å². The molecule has 0 aliphatic rings. The first-order chi connectivity index (χ1) is 11.7. The number of furan rings is 1. The monoisotopic (exact) mass is 336 g/mol. The SMILES string of the molecule is O=C(O)/C=C/c1c(-c2ccccc2)nc2scc(-c3ccco3)n12. The summed E-state index contributed by atoms with van der Waals surface area (Å²) in [6.07, 6.45) is 4.31. The molecule has 118 valence electrons. The molecule has 1 aromatic carbocycles. The fourth-order valence-corrected chi connectivity index (χ4v) is 3.47. The van der Waals surface area contributed by atoms with E-state index in [0.29, 0.717) is 11.5 Å². The number of carbonyl (C=O) groups is 1. The molecular weight excluding hydrogens is 324 g/mol. The van der Waals surface area contributed by atoms with Crippen LogP contribution >= 0.6 is 11.3 Å². The first-order valence-electron chi connectivity index (χ1n) is 7.24. The molecule has 0 radical (unpaired) electrons. The maximum absolute atomic E-state index is 11.0. The van der Waals surface area contributed by atoms with Crippen LogP contribution in [-0.2, 0) is 4.79 Å². The maximum Gasteiger partial charge on any atom is 0.328 e. The van der Waals surface area contributed by atoms with Crippen LogP contribution in [0.5, 0.6) is 0 Å². The smallest absolute Gasteiger partial charge is 0.328 e. The highest BCUT2D eigenvalue weighted by atomic mass is 32.1. The Bertz CT molecular complexity index is 1030. The zero-order chi connectivity index (χ0) is 16.5. The average molecular weight is 336 g/mol. The van der Waals surface area contributed by atoms with Crippen molar-refractivity contribution in [1.29, 1.82) is 0 Å². The molecule has 4 aromatic rings. The predicted molar refractivity (Wildman–Crippen MR) is 92.9 cm³/mol. The third-order valence-electron chi connectivity index (χ3n) is 3.60. The third kappa shape index (κ3) is 2.43. The van der Waals surface area contributed by atoms with E-state index < -0.39 is 5.97 Å². The van der Waals surface area contributed by atoms with Crippen molar-refractivity contribution in [3.05, 3.63) is 65.9 Å². The fourth-order valence-electron chi connectivity index (χ4n) is 2.59. The zero-order valence-corrected chi connectivity index (χ0v) is 13.2. The fraction of sp³-hybridized carbons (Fsp3) is 0. The van der Waals surface area contributed by atoms with Gasteiger partial charge in [0.1, 0.15) is 5.69 Å². The Morgan fingerprint density at radius 3 is 2.75 bits per heavy atom. The van der Waals surface area contributed by atoms with Crippen LogP contribution in [0.25, 0.3) is 33.7 Å². The number of rotatable bonds is 4. The lowest BCUT2D eigenvalue weighted by atomic mass is 10.1. The van der Waals surface area contributed by atoms with Crippen molar-refractivity contribution in [3.63, 3.8) is 0 Å². The first kappa shape index (κ1) is 14.5. The highest BCUT2D eigenvalue weighted by molar-refractivity contribution is 7.15. The molecule has 3 heterocycles. The van der Waals surface area contributed by atoms with Crippen molar-refractivity contribution < 1.29 is 14.3 Å². The van der Waals surface area contributed by atoms with Gasteiger partial charge in [0.2, 0.25) is 0 Å². The van der Waals surface area contributed by atoms with Gasteiger partial charge in [-0.25, -0.2) is 9.78 Å². The normalized spacial score (nSPS) is 11.5. The molecule has 0 fully saturated rings. The summed E-state index contributed by atoms with van der Waals surface area (Å²) in [6, 6.07) is 13.4. The number of benzene rings is 1. The highest BCUT2D eigenvalue weighted by Gasteiger charge is 2.18. The molecule has 0 spiro atoms. The minimum absolute atomic E-state index is 0.711. The molecule has 0 aliphatic heterocycles. The summed E-state index contributed by atoms with van der Waals surface area (Å²) in [6.45, 7) is 0. The van der Waals surface area contributed by atoms with Gasteiger partial charge in [-0.1, -0.05) is 30.3 Å². The molecule has 24 heavy (non-hydrogen) atoms. The number of carboxylic acids is 1. The number of nitrogens with zero attached hydrogens (tertiary/aromatic N) is 2. The summed E-state index contributed by atoms with van der Waals surface area (Å²) in [4.78, 5) is 16.5. The van der Waals surface area contributed by atoms with Gasteiger partial charge in [0, 0.05) is 17.0 Å². The Balaban J connectivity index is 2.00. The number of carboxylic acid groups (broad SMARTS) is 1. The van der Waals surface area contributed by atoms with Crippen molar-refractivity contribution in [1.82, 2.24) is 9.38 Å². The molecule has 0 bridgehead atoms. The number of thiazole rings is 1. The second-order valence-corrected chi connectivity index (χ2v) is 5.94. The van der Waals surface area contributed by atoms with Crippen molar-refractivity contribution in [2.45, 2.75) is 0 Å².